The molecule has 0 radical (unpaired) electrons. The SMILES string of the molecule is CCCOc1c2cc(NC(=O)C3=CSC(=C4SC5=C(SCCS5)S4)S3)cc1Cc1cc(NC(=O)C3=CSC(=C4SC5=C(SCCS5)S4)S3)cc(c1OCCC)Cc1cc(NC(=O)C3=CSC(=C4SC5=C(SCCS5)S4)S3)cc(c1OCCC)Cc1cc(NC(=O)C3=CSC(=C4SC5=C(SCCS5)S4)S3)cc(c1OCCC)C2. The number of fused-ring (bicyclic) bond motifs is 8. The smallest absolute Gasteiger partial charge is 0.262 e. The van der Waals surface area contributed by atoms with Crippen LogP contribution in [0, 0.1) is 0 Å². The third kappa shape index (κ3) is 19.6. The lowest BCUT2D eigenvalue weighted by molar-refractivity contribution is -0.113. The quantitative estimate of drug-likeness (QED) is 0.0584. The number of nitrogens with one attached hydrogen (secondary N) is 4. The lowest BCUT2D eigenvalue weighted by Gasteiger charge is -2.25. The summed E-state index contributed by atoms with van der Waals surface area (Å²) in [6, 6.07) is 16.3. The molecule has 4 N–H and O–H groups in total. The van der Waals surface area contributed by atoms with E-state index in [0.717, 1.165) is 107 Å². The van der Waals surface area contributed by atoms with E-state index in [2.05, 4.69) is 49.0 Å². The molecule has 13 aliphatic rings. The van der Waals surface area contributed by atoms with Gasteiger partial charge in [-0.05, 0) is 95.8 Å². The first-order valence-electron chi connectivity index (χ1n) is 35.8. The lowest BCUT2D eigenvalue weighted by atomic mass is 9.90. The second-order valence-electron chi connectivity index (χ2n) is 25.4. The van der Waals surface area contributed by atoms with Crippen molar-refractivity contribution < 1.29 is 38.1 Å². The van der Waals surface area contributed by atoms with E-state index in [4.69, 9.17) is 18.9 Å². The fourth-order valence-electron chi connectivity index (χ4n) is 12.5. The van der Waals surface area contributed by atoms with Crippen LogP contribution in [0.4, 0.5) is 22.7 Å². The van der Waals surface area contributed by atoms with E-state index >= 15 is 19.2 Å². The summed E-state index contributed by atoms with van der Waals surface area (Å²) < 4.78 is 48.7. The van der Waals surface area contributed by atoms with Crippen LogP contribution in [-0.4, -0.2) is 96.1 Å². The van der Waals surface area contributed by atoms with Crippen molar-refractivity contribution in [3.8, 4) is 23.0 Å². The van der Waals surface area contributed by atoms with Crippen molar-refractivity contribution in [1.29, 1.82) is 0 Å². The Bertz CT molecular complexity index is 4250. The maximum atomic E-state index is 15.1. The number of hydrogen-bond acceptors (Lipinski definition) is 32. The van der Waals surface area contributed by atoms with Gasteiger partial charge in [-0.15, -0.1) is 94.1 Å². The summed E-state index contributed by atoms with van der Waals surface area (Å²) in [4.78, 5) is 62.9. The van der Waals surface area contributed by atoms with Gasteiger partial charge in [0.25, 0.3) is 23.6 Å². The predicted molar refractivity (Wildman–Crippen MR) is 524 cm³/mol. The first kappa shape index (κ1) is 83.5. The Kier molecular flexibility index (Phi) is 29.2. The second-order valence-corrected chi connectivity index (χ2v) is 54.3. The molecule has 8 bridgehead atoms. The maximum absolute atomic E-state index is 15.1. The number of hydrogen-bond donors (Lipinski definition) is 4. The van der Waals surface area contributed by atoms with Gasteiger partial charge in [-0.2, -0.15) is 0 Å². The van der Waals surface area contributed by atoms with Gasteiger partial charge in [0, 0.05) is 139 Å². The van der Waals surface area contributed by atoms with Crippen molar-refractivity contribution in [2.45, 2.75) is 79.1 Å². The van der Waals surface area contributed by atoms with E-state index in [1.807, 2.05) is 258 Å². The molecule has 12 aliphatic heterocycles. The van der Waals surface area contributed by atoms with E-state index in [1.54, 1.807) is 47.0 Å². The maximum Gasteiger partial charge on any atom is 0.262 e. The molecule has 0 saturated heterocycles. The predicted octanol–water partition coefficient (Wildman–Crippen LogP) is 27.4. The number of benzene rings is 4. The van der Waals surface area contributed by atoms with Crippen LogP contribution in [0.2, 0.25) is 0 Å². The van der Waals surface area contributed by atoms with Gasteiger partial charge in [0.15, 0.2) is 0 Å². The summed E-state index contributed by atoms with van der Waals surface area (Å²) in [6.07, 6.45) is 3.83. The molecule has 36 heteroatoms. The average molecular weight is 1940 g/mol. The number of thioether (sulfide) groups is 24. The van der Waals surface area contributed by atoms with E-state index in [0.29, 0.717) is 117 Å². The first-order valence-corrected chi connectivity index (χ1v) is 57.0. The van der Waals surface area contributed by atoms with Gasteiger partial charge in [0.2, 0.25) is 0 Å². The number of rotatable bonds is 20. The van der Waals surface area contributed by atoms with Crippen molar-refractivity contribution in [3.05, 3.63) is 202 Å². The summed E-state index contributed by atoms with van der Waals surface area (Å²) in [5.74, 6) is 10.4. The number of ether oxygens (including phenoxy) is 4. The van der Waals surface area contributed by atoms with E-state index in [1.165, 1.54) is 97.9 Å². The highest BCUT2D eigenvalue weighted by Crippen LogP contribution is 2.68. The van der Waals surface area contributed by atoms with Crippen LogP contribution < -0.4 is 40.2 Å². The van der Waals surface area contributed by atoms with Crippen LogP contribution in [0.15, 0.2) is 158 Å². The molecule has 112 heavy (non-hydrogen) atoms. The summed E-state index contributed by atoms with van der Waals surface area (Å²) in [5, 5.41) is 21.5. The summed E-state index contributed by atoms with van der Waals surface area (Å²) >= 11 is 42.4. The largest absolute Gasteiger partial charge is 0.493 e. The molecule has 12 heterocycles. The third-order valence-corrected chi connectivity index (χ3v) is 51.9. The Morgan fingerprint density at radius 2 is 0.438 bits per heavy atom. The fraction of sp³-hybridized carbons (Fsp3) is 0.316. The van der Waals surface area contributed by atoms with E-state index < -0.39 is 0 Å². The molecule has 0 saturated carbocycles. The van der Waals surface area contributed by atoms with Crippen LogP contribution in [-0.2, 0) is 44.9 Å². The third-order valence-electron chi connectivity index (χ3n) is 17.1. The Labute approximate surface area is 754 Å². The van der Waals surface area contributed by atoms with Gasteiger partial charge in [-0.25, -0.2) is 0 Å². The molecular weight excluding hydrogens is 1870 g/mol. The molecule has 0 aromatic heterocycles. The van der Waals surface area contributed by atoms with Crippen LogP contribution in [0.1, 0.15) is 97.9 Å². The van der Waals surface area contributed by atoms with Gasteiger partial charge < -0.3 is 40.2 Å². The molecule has 0 spiro atoms. The van der Waals surface area contributed by atoms with Gasteiger partial charge in [-0.3, -0.25) is 19.2 Å². The summed E-state index contributed by atoms with van der Waals surface area (Å²) in [6.45, 7) is 9.96. The monoisotopic (exact) mass is 1930 g/mol. The zero-order valence-corrected chi connectivity index (χ0v) is 79.7. The van der Waals surface area contributed by atoms with Gasteiger partial charge >= 0.3 is 0 Å². The van der Waals surface area contributed by atoms with Crippen LogP contribution in [0.3, 0.4) is 0 Å². The molecule has 4 aromatic carbocycles. The van der Waals surface area contributed by atoms with Crippen LogP contribution >= 0.6 is 282 Å². The Morgan fingerprint density at radius 1 is 0.259 bits per heavy atom. The minimum absolute atomic E-state index is 0.222. The highest BCUT2D eigenvalue weighted by Gasteiger charge is 2.37. The molecule has 1 aliphatic carbocycles. The summed E-state index contributed by atoms with van der Waals surface area (Å²) in [5.41, 5.74) is 8.60. The molecule has 0 atom stereocenters. The standard InChI is InChI=1S/C76H68N4O8S24/c1-5-9-85-53-37-21-39-27-46(78-58(82)50-34-98-70(102-50)74-107-63-64(108-74)92-16-15-91-63)29-41(54(39)86-10-6-2)23-43-31-48(80-60(84)52-36-100-72(104-52)76-111-67-68(112-76)96-20-19-95-67)32-44(56(43)88-12-8-4)24-42-30-47(79-59(83)51-35-99-71(103-51)75-109-65-66(110-75)94-18-17-93-65)28-40(55(42)87-11-7-3)22-38(53)26-45(25-37)77-57(81)49-33-97-69(101-49)73-105-61-62(106-73)90-14-13-89-61/h25-36H,5-24H2,1-4H3,(H,77,81)(H,78,82)(H,79,83)(H,80,84). The van der Waals surface area contributed by atoms with Gasteiger partial charge in [-0.1, -0.05) is 216 Å². The highest BCUT2D eigenvalue weighted by atomic mass is 32.3. The first-order chi connectivity index (χ1) is 54.8. The molecule has 584 valence electrons. The minimum atomic E-state index is -0.222. The molecule has 4 amide bonds. The number of anilines is 4. The molecule has 0 unspecified atom stereocenters. The van der Waals surface area contributed by atoms with E-state index in [9.17, 15) is 0 Å². The summed E-state index contributed by atoms with van der Waals surface area (Å²) in [7, 11) is 0. The van der Waals surface area contributed by atoms with Crippen LogP contribution in [0.25, 0.3) is 0 Å². The molecule has 4 aromatic rings. The van der Waals surface area contributed by atoms with Crippen molar-refractivity contribution in [1.82, 2.24) is 0 Å². The zero-order valence-electron chi connectivity index (χ0n) is 60.1. The highest BCUT2D eigenvalue weighted by molar-refractivity contribution is 8.46. The number of carbonyl (C=O) groups excluding carboxylic acids is 4. The van der Waals surface area contributed by atoms with Crippen molar-refractivity contribution in [3.63, 3.8) is 0 Å². The molecular formula is C76H68N4O8S24. The van der Waals surface area contributed by atoms with Crippen molar-refractivity contribution >= 4 is 329 Å². The average Bonchev–Trinajstić information content (AvgIpc) is 0.899. The second kappa shape index (κ2) is 39.2. The lowest BCUT2D eigenvalue weighted by Crippen LogP contribution is -2.16. The normalized spacial score (nSPS) is 20.1. The molecule has 0 fully saturated rings. The zero-order chi connectivity index (χ0) is 76.3. The van der Waals surface area contributed by atoms with Crippen LogP contribution in [0.5, 0.6) is 23.0 Å². The minimum Gasteiger partial charge on any atom is -0.493 e. The Morgan fingerprint density at radius 3 is 0.607 bits per heavy atom. The van der Waals surface area contributed by atoms with Crippen molar-refractivity contribution in [2.24, 2.45) is 0 Å². The number of carbonyl (C=O) groups is 4. The van der Waals surface area contributed by atoms with Gasteiger partial charge in [0.05, 0.1) is 114 Å². The molecule has 17 rings (SSSR count). The number of amides is 4. The Hall–Kier alpha value is -0.760. The molecule has 12 nitrogen and oxygen atoms in total. The topological polar surface area (TPSA) is 153 Å². The van der Waals surface area contributed by atoms with Crippen molar-refractivity contribution in [2.75, 3.05) is 93.7 Å². The van der Waals surface area contributed by atoms with Gasteiger partial charge in [0.1, 0.15) is 23.0 Å². The fourth-order valence-corrected chi connectivity index (χ4v) is 46.2. The Balaban J connectivity index is 0.795. The van der Waals surface area contributed by atoms with E-state index in [-0.39, 0.29) is 49.3 Å².